The molecule has 1 aromatic heterocycles. The first-order valence-electron chi connectivity index (χ1n) is 6.35. The van der Waals surface area contributed by atoms with E-state index < -0.39 is 6.10 Å². The molecule has 0 saturated carbocycles. The van der Waals surface area contributed by atoms with Gasteiger partial charge in [0.15, 0.2) is 11.9 Å². The van der Waals surface area contributed by atoms with Crippen LogP contribution >= 0.6 is 15.9 Å². The zero-order chi connectivity index (χ0) is 15.4. The highest BCUT2D eigenvalue weighted by Crippen LogP contribution is 2.27. The third-order valence-electron chi connectivity index (χ3n) is 2.71. The lowest BCUT2D eigenvalue weighted by molar-refractivity contribution is -0.122. The number of aryl methyl sites for hydroxylation is 1. The van der Waals surface area contributed by atoms with Gasteiger partial charge in [-0.15, -0.1) is 0 Å². The van der Waals surface area contributed by atoms with Crippen LogP contribution in [-0.2, 0) is 4.79 Å². The highest BCUT2D eigenvalue weighted by molar-refractivity contribution is 9.10. The van der Waals surface area contributed by atoms with Gasteiger partial charge >= 0.3 is 0 Å². The molecule has 0 saturated heterocycles. The maximum absolute atomic E-state index is 13.0. The summed E-state index contributed by atoms with van der Waals surface area (Å²) in [6.07, 6.45) is -0.268. The number of amides is 1. The molecule has 0 bridgehead atoms. The Morgan fingerprint density at radius 3 is 2.86 bits per heavy atom. The fourth-order valence-electron chi connectivity index (χ4n) is 1.68. The second kappa shape index (κ2) is 6.71. The van der Waals surface area contributed by atoms with Crippen molar-refractivity contribution in [2.75, 3.05) is 5.32 Å². The van der Waals surface area contributed by atoms with Gasteiger partial charge in [-0.25, -0.2) is 4.39 Å². The largest absolute Gasteiger partial charge is 0.479 e. The molecular formula is C14H14BrFN2O3. The van der Waals surface area contributed by atoms with E-state index in [4.69, 9.17) is 9.26 Å². The Labute approximate surface area is 129 Å². The fraction of sp³-hybridized carbons (Fsp3) is 0.286. The first-order chi connectivity index (χ1) is 9.99. The molecule has 7 heteroatoms. The van der Waals surface area contributed by atoms with E-state index in [2.05, 4.69) is 26.4 Å². The molecule has 0 aliphatic rings. The van der Waals surface area contributed by atoms with Crippen LogP contribution in [0.4, 0.5) is 10.2 Å². The molecule has 5 nitrogen and oxygen atoms in total. The molecule has 1 atom stereocenters. The second-order valence-corrected chi connectivity index (χ2v) is 5.26. The number of halogens is 2. The van der Waals surface area contributed by atoms with E-state index in [1.807, 2.05) is 6.92 Å². The summed E-state index contributed by atoms with van der Waals surface area (Å²) in [6.45, 7) is 3.54. The summed E-state index contributed by atoms with van der Waals surface area (Å²) in [4.78, 5) is 12.1. The average Bonchev–Trinajstić information content (AvgIpc) is 2.83. The van der Waals surface area contributed by atoms with Crippen molar-refractivity contribution < 1.29 is 18.4 Å². The molecule has 0 fully saturated rings. The van der Waals surface area contributed by atoms with Gasteiger partial charge in [-0.1, -0.05) is 12.1 Å². The van der Waals surface area contributed by atoms with Crippen molar-refractivity contribution in [2.45, 2.75) is 26.4 Å². The summed E-state index contributed by atoms with van der Waals surface area (Å²) in [7, 11) is 0. The summed E-state index contributed by atoms with van der Waals surface area (Å²) >= 11 is 3.20. The SMILES string of the molecule is CC[C@H](Oc1ccc(F)cc1Br)C(=O)Nc1cc(C)on1. The van der Waals surface area contributed by atoms with Crippen molar-refractivity contribution in [1.29, 1.82) is 0 Å². The molecule has 0 unspecified atom stereocenters. The summed E-state index contributed by atoms with van der Waals surface area (Å²) in [5, 5.41) is 6.29. The first-order valence-corrected chi connectivity index (χ1v) is 7.14. The minimum Gasteiger partial charge on any atom is -0.479 e. The van der Waals surface area contributed by atoms with Crippen LogP contribution in [-0.4, -0.2) is 17.2 Å². The number of hydrogen-bond donors (Lipinski definition) is 1. The number of rotatable bonds is 5. The number of nitrogens with zero attached hydrogens (tertiary/aromatic N) is 1. The van der Waals surface area contributed by atoms with Gasteiger partial charge in [-0.05, 0) is 47.5 Å². The Morgan fingerprint density at radius 1 is 1.52 bits per heavy atom. The molecule has 1 amide bonds. The van der Waals surface area contributed by atoms with Gasteiger partial charge in [-0.3, -0.25) is 4.79 Å². The Hall–Kier alpha value is -1.89. The molecule has 21 heavy (non-hydrogen) atoms. The number of aromatic nitrogens is 1. The van der Waals surface area contributed by atoms with Crippen molar-refractivity contribution >= 4 is 27.7 Å². The zero-order valence-electron chi connectivity index (χ0n) is 11.5. The van der Waals surface area contributed by atoms with E-state index in [0.29, 0.717) is 28.2 Å². The molecular weight excluding hydrogens is 343 g/mol. The molecule has 0 aliphatic carbocycles. The van der Waals surface area contributed by atoms with Crippen LogP contribution in [0.1, 0.15) is 19.1 Å². The van der Waals surface area contributed by atoms with Crippen molar-refractivity contribution in [1.82, 2.24) is 5.16 Å². The van der Waals surface area contributed by atoms with E-state index in [0.717, 1.165) is 0 Å². The Bertz CT molecular complexity index is 645. The minimum atomic E-state index is -0.719. The monoisotopic (exact) mass is 356 g/mol. The van der Waals surface area contributed by atoms with Gasteiger partial charge < -0.3 is 14.6 Å². The molecule has 0 aliphatic heterocycles. The van der Waals surface area contributed by atoms with Gasteiger partial charge in [0.1, 0.15) is 17.3 Å². The van der Waals surface area contributed by atoms with Gasteiger partial charge in [0.05, 0.1) is 4.47 Å². The number of anilines is 1. The van der Waals surface area contributed by atoms with Crippen LogP contribution in [0.2, 0.25) is 0 Å². The van der Waals surface area contributed by atoms with Crippen LogP contribution in [0.5, 0.6) is 5.75 Å². The number of hydrogen-bond acceptors (Lipinski definition) is 4. The standard InChI is InChI=1S/C14H14BrFN2O3/c1-3-11(14(19)17-13-6-8(2)21-18-13)20-12-5-4-9(16)7-10(12)15/h4-7,11H,3H2,1-2H3,(H,17,18,19)/t11-/m0/s1. The van der Waals surface area contributed by atoms with Gasteiger partial charge in [0.2, 0.25) is 0 Å². The van der Waals surface area contributed by atoms with E-state index >= 15 is 0 Å². The summed E-state index contributed by atoms with van der Waals surface area (Å²) in [5.41, 5.74) is 0. The minimum absolute atomic E-state index is 0.331. The van der Waals surface area contributed by atoms with Crippen LogP contribution in [0, 0.1) is 12.7 Å². The van der Waals surface area contributed by atoms with Crippen molar-refractivity contribution in [2.24, 2.45) is 0 Å². The van der Waals surface area contributed by atoms with Crippen LogP contribution in [0.3, 0.4) is 0 Å². The van der Waals surface area contributed by atoms with E-state index in [1.54, 1.807) is 13.0 Å². The third kappa shape index (κ3) is 4.04. The summed E-state index contributed by atoms with van der Waals surface area (Å²) in [6, 6.07) is 5.63. The van der Waals surface area contributed by atoms with Gasteiger partial charge in [-0.2, -0.15) is 0 Å². The average molecular weight is 357 g/mol. The number of ether oxygens (including phenoxy) is 1. The van der Waals surface area contributed by atoms with Gasteiger partial charge in [0, 0.05) is 6.07 Å². The molecule has 1 N–H and O–H groups in total. The quantitative estimate of drug-likeness (QED) is 0.887. The smallest absolute Gasteiger partial charge is 0.266 e. The predicted molar refractivity (Wildman–Crippen MR) is 78.7 cm³/mol. The lowest BCUT2D eigenvalue weighted by atomic mass is 10.2. The summed E-state index contributed by atoms with van der Waals surface area (Å²) in [5.74, 6) is 0.597. The van der Waals surface area contributed by atoms with Crippen LogP contribution in [0.15, 0.2) is 33.3 Å². The van der Waals surface area contributed by atoms with Crippen molar-refractivity contribution in [3.63, 3.8) is 0 Å². The normalized spacial score (nSPS) is 12.0. The lowest BCUT2D eigenvalue weighted by Crippen LogP contribution is -2.32. The summed E-state index contributed by atoms with van der Waals surface area (Å²) < 4.78 is 24.0. The fourth-order valence-corrected chi connectivity index (χ4v) is 2.12. The first kappa shape index (κ1) is 15.5. The Kier molecular flexibility index (Phi) is 4.95. The predicted octanol–water partition coefficient (Wildman–Crippen LogP) is 3.68. The maximum atomic E-state index is 13.0. The number of carbonyl (C=O) groups is 1. The molecule has 2 aromatic rings. The maximum Gasteiger partial charge on any atom is 0.266 e. The van der Waals surface area contributed by atoms with Crippen LogP contribution in [0.25, 0.3) is 0 Å². The highest BCUT2D eigenvalue weighted by Gasteiger charge is 2.20. The van der Waals surface area contributed by atoms with Gasteiger partial charge in [0.25, 0.3) is 5.91 Å². The number of carbonyl (C=O) groups excluding carboxylic acids is 1. The van der Waals surface area contributed by atoms with Crippen molar-refractivity contribution in [3.8, 4) is 5.75 Å². The Balaban J connectivity index is 2.06. The van der Waals surface area contributed by atoms with E-state index in [9.17, 15) is 9.18 Å². The molecule has 2 rings (SSSR count). The highest BCUT2D eigenvalue weighted by atomic mass is 79.9. The molecule has 0 radical (unpaired) electrons. The molecule has 0 spiro atoms. The Morgan fingerprint density at radius 2 is 2.29 bits per heavy atom. The lowest BCUT2D eigenvalue weighted by Gasteiger charge is -2.17. The van der Waals surface area contributed by atoms with Crippen LogP contribution < -0.4 is 10.1 Å². The number of nitrogens with one attached hydrogen (secondary N) is 1. The molecule has 1 heterocycles. The number of benzene rings is 1. The second-order valence-electron chi connectivity index (χ2n) is 4.40. The molecule has 112 valence electrons. The topological polar surface area (TPSA) is 64.4 Å². The van der Waals surface area contributed by atoms with Crippen molar-refractivity contribution in [3.05, 3.63) is 40.3 Å². The zero-order valence-corrected chi connectivity index (χ0v) is 13.1. The third-order valence-corrected chi connectivity index (χ3v) is 3.33. The molecule has 1 aromatic carbocycles. The van der Waals surface area contributed by atoms with E-state index in [-0.39, 0.29) is 11.7 Å². The van der Waals surface area contributed by atoms with E-state index in [1.165, 1.54) is 18.2 Å².